The van der Waals surface area contributed by atoms with Crippen LogP contribution in [0.2, 0.25) is 0 Å². The molecule has 3 aromatic rings. The van der Waals surface area contributed by atoms with E-state index in [-0.39, 0.29) is 55.5 Å². The molecule has 44 heavy (non-hydrogen) atoms. The van der Waals surface area contributed by atoms with E-state index in [2.05, 4.69) is 9.68 Å². The van der Waals surface area contributed by atoms with Crippen LogP contribution in [0.5, 0.6) is 17.2 Å². The van der Waals surface area contributed by atoms with E-state index in [9.17, 15) is 39.7 Å². The summed E-state index contributed by atoms with van der Waals surface area (Å²) in [7, 11) is 0. The van der Waals surface area contributed by atoms with Crippen LogP contribution < -0.4 is 14.9 Å². The zero-order chi connectivity index (χ0) is 31.9. The smallest absolute Gasteiger partial charge is 0.344 e. The normalized spacial score (nSPS) is 10.5. The molecule has 0 bridgehead atoms. The van der Waals surface area contributed by atoms with E-state index in [1.165, 1.54) is 12.1 Å². The summed E-state index contributed by atoms with van der Waals surface area (Å²) in [5.41, 5.74) is -0.0534. The maximum atomic E-state index is 12.7. The molecule has 0 atom stereocenters. The molecule has 17 nitrogen and oxygen atoms in total. The number of ether oxygens (including phenoxy) is 4. The molecule has 0 amide bonds. The molecule has 0 aliphatic heterocycles. The molecule has 17 heteroatoms. The fourth-order valence-corrected chi connectivity index (χ4v) is 3.61. The zero-order valence-corrected chi connectivity index (χ0v) is 23.2. The molecule has 2 aromatic carbocycles. The SMILES string of the molecule is O=C(COc1ccc(-c2cc(=O)c3c(O)cc(OCC(=O)OCCCCO[N+](=O)[O-])cc3o2)cc1)OCCCCO[N+](=O)[O-]. The van der Waals surface area contributed by atoms with Crippen LogP contribution in [-0.2, 0) is 28.7 Å². The van der Waals surface area contributed by atoms with Gasteiger partial charge in [-0.1, -0.05) is 0 Å². The number of aromatic hydroxyl groups is 1. The lowest BCUT2D eigenvalue weighted by molar-refractivity contribution is -0.757. The van der Waals surface area contributed by atoms with Crippen LogP contribution in [0.4, 0.5) is 0 Å². The molecule has 0 spiro atoms. The first-order valence-corrected chi connectivity index (χ1v) is 13.1. The predicted octanol–water partition coefficient (Wildman–Crippen LogP) is 2.99. The number of carbonyl (C=O) groups excluding carboxylic acids is 2. The molecule has 3 rings (SSSR count). The zero-order valence-electron chi connectivity index (χ0n) is 23.2. The van der Waals surface area contributed by atoms with E-state index in [1.807, 2.05) is 0 Å². The van der Waals surface area contributed by atoms with Crippen molar-refractivity contribution in [3.05, 3.63) is 72.9 Å². The van der Waals surface area contributed by atoms with Crippen LogP contribution in [-0.4, -0.2) is 66.9 Å². The van der Waals surface area contributed by atoms with Gasteiger partial charge >= 0.3 is 11.9 Å². The van der Waals surface area contributed by atoms with Crippen molar-refractivity contribution in [2.24, 2.45) is 0 Å². The van der Waals surface area contributed by atoms with E-state index in [0.717, 1.165) is 6.07 Å². The van der Waals surface area contributed by atoms with Crippen molar-refractivity contribution >= 4 is 22.9 Å². The summed E-state index contributed by atoms with van der Waals surface area (Å²) in [4.78, 5) is 65.0. The van der Waals surface area contributed by atoms with E-state index in [1.54, 1.807) is 24.3 Å². The summed E-state index contributed by atoms with van der Waals surface area (Å²) in [6.07, 6.45) is 1.39. The predicted molar refractivity (Wildman–Crippen MR) is 147 cm³/mol. The van der Waals surface area contributed by atoms with Crippen molar-refractivity contribution < 1.29 is 57.9 Å². The number of benzene rings is 2. The van der Waals surface area contributed by atoms with Gasteiger partial charge in [-0.3, -0.25) is 4.79 Å². The van der Waals surface area contributed by atoms with Crippen molar-refractivity contribution in [1.29, 1.82) is 0 Å². The second kappa shape index (κ2) is 16.7. The van der Waals surface area contributed by atoms with Crippen molar-refractivity contribution in [1.82, 2.24) is 0 Å². The Morgan fingerprint density at radius 3 is 1.82 bits per heavy atom. The minimum absolute atomic E-state index is 0.00393. The molecule has 236 valence electrons. The number of hydrogen-bond donors (Lipinski definition) is 1. The van der Waals surface area contributed by atoms with Crippen LogP contribution in [0.15, 0.2) is 51.7 Å². The number of hydrogen-bond acceptors (Lipinski definition) is 15. The molecular formula is C27H28N2O15. The number of nitrogens with zero attached hydrogens (tertiary/aromatic N) is 2. The van der Waals surface area contributed by atoms with Crippen LogP contribution in [0.3, 0.4) is 0 Å². The largest absolute Gasteiger partial charge is 0.507 e. The van der Waals surface area contributed by atoms with Crippen molar-refractivity contribution in [2.75, 3.05) is 39.6 Å². The molecule has 0 unspecified atom stereocenters. The Balaban J connectivity index is 1.53. The number of unbranched alkanes of at least 4 members (excludes halogenated alkanes) is 2. The second-order valence-electron chi connectivity index (χ2n) is 8.86. The molecular weight excluding hydrogens is 592 g/mol. The van der Waals surface area contributed by atoms with Gasteiger partial charge in [0.2, 0.25) is 0 Å². The Labute approximate surface area is 248 Å². The van der Waals surface area contributed by atoms with Gasteiger partial charge in [0.25, 0.3) is 10.2 Å². The third-order valence-corrected chi connectivity index (χ3v) is 5.63. The average molecular weight is 621 g/mol. The van der Waals surface area contributed by atoms with Gasteiger partial charge in [0.05, 0.1) is 26.4 Å². The lowest BCUT2D eigenvalue weighted by atomic mass is 10.1. The Morgan fingerprint density at radius 2 is 1.27 bits per heavy atom. The summed E-state index contributed by atoms with van der Waals surface area (Å²) in [5.74, 6) is -1.24. The molecule has 0 saturated heterocycles. The Hall–Kier alpha value is -5.61. The summed E-state index contributed by atoms with van der Waals surface area (Å²) in [6, 6.07) is 9.93. The maximum absolute atomic E-state index is 12.7. The van der Waals surface area contributed by atoms with Crippen molar-refractivity contribution in [3.8, 4) is 28.6 Å². The van der Waals surface area contributed by atoms with E-state index < -0.39 is 39.9 Å². The van der Waals surface area contributed by atoms with Gasteiger partial charge in [-0.05, 0) is 49.9 Å². The molecule has 0 fully saturated rings. The van der Waals surface area contributed by atoms with Gasteiger partial charge in [-0.15, -0.1) is 20.2 Å². The first-order chi connectivity index (χ1) is 21.1. The fraction of sp³-hybridized carbons (Fsp3) is 0.370. The lowest BCUT2D eigenvalue weighted by Crippen LogP contribution is -2.16. The second-order valence-corrected chi connectivity index (χ2v) is 8.86. The van der Waals surface area contributed by atoms with Gasteiger partial charge < -0.3 is 38.1 Å². The summed E-state index contributed by atoms with van der Waals surface area (Å²) >= 11 is 0. The number of phenols is 1. The number of esters is 2. The summed E-state index contributed by atoms with van der Waals surface area (Å²) < 4.78 is 26.5. The monoisotopic (exact) mass is 620 g/mol. The molecule has 1 N–H and O–H groups in total. The fourth-order valence-electron chi connectivity index (χ4n) is 3.61. The average Bonchev–Trinajstić information content (AvgIpc) is 2.98. The molecule has 0 aliphatic rings. The lowest BCUT2D eigenvalue weighted by Gasteiger charge is -2.10. The Morgan fingerprint density at radius 1 is 0.750 bits per heavy atom. The van der Waals surface area contributed by atoms with Gasteiger partial charge in [0, 0.05) is 23.8 Å². The van der Waals surface area contributed by atoms with Crippen LogP contribution in [0.25, 0.3) is 22.3 Å². The molecule has 0 aliphatic carbocycles. The van der Waals surface area contributed by atoms with Crippen molar-refractivity contribution in [2.45, 2.75) is 25.7 Å². The van der Waals surface area contributed by atoms with Gasteiger partial charge in [-0.25, -0.2) is 9.59 Å². The first-order valence-electron chi connectivity index (χ1n) is 13.1. The minimum Gasteiger partial charge on any atom is -0.507 e. The van der Waals surface area contributed by atoms with Gasteiger partial charge in [-0.2, -0.15) is 0 Å². The topological polar surface area (TPSA) is 226 Å². The quantitative estimate of drug-likeness (QED) is 0.0879. The highest BCUT2D eigenvalue weighted by Gasteiger charge is 2.15. The van der Waals surface area contributed by atoms with Gasteiger partial charge in [0.1, 0.15) is 34.0 Å². The van der Waals surface area contributed by atoms with Crippen LogP contribution >= 0.6 is 0 Å². The third-order valence-electron chi connectivity index (χ3n) is 5.63. The molecule has 1 aromatic heterocycles. The minimum atomic E-state index is -0.908. The molecule has 0 radical (unpaired) electrons. The Bertz CT molecular complexity index is 1500. The van der Waals surface area contributed by atoms with E-state index >= 15 is 0 Å². The summed E-state index contributed by atoms with van der Waals surface area (Å²) in [5, 5.41) is 28.6. The van der Waals surface area contributed by atoms with E-state index in [4.69, 9.17) is 23.4 Å². The third kappa shape index (κ3) is 11.0. The highest BCUT2D eigenvalue weighted by atomic mass is 17.0. The van der Waals surface area contributed by atoms with Crippen LogP contribution in [0, 0.1) is 20.2 Å². The van der Waals surface area contributed by atoms with Crippen molar-refractivity contribution in [3.63, 3.8) is 0 Å². The summed E-state index contributed by atoms with van der Waals surface area (Å²) in [6.45, 7) is -1.02. The molecule has 1 heterocycles. The first kappa shape index (κ1) is 32.9. The standard InChI is InChI=1S/C27H28N2O15/c30-21-13-20(41-17-26(33)39-10-2-4-12-43-29(36)37)14-24-27(21)22(31)15-23(44-24)18-5-7-19(8-6-18)40-16-25(32)38-9-1-3-11-42-28(34)35/h5-8,13-15,30H,1-4,9-12,16-17H2. The van der Waals surface area contributed by atoms with Gasteiger partial charge in [0.15, 0.2) is 18.6 Å². The highest BCUT2D eigenvalue weighted by Crippen LogP contribution is 2.31. The number of rotatable bonds is 19. The highest BCUT2D eigenvalue weighted by molar-refractivity contribution is 5.86. The van der Waals surface area contributed by atoms with E-state index in [0.29, 0.717) is 37.0 Å². The maximum Gasteiger partial charge on any atom is 0.344 e. The van der Waals surface area contributed by atoms with Crippen LogP contribution in [0.1, 0.15) is 25.7 Å². The Kier molecular flexibility index (Phi) is 12.5. The number of phenolic OH excluding ortho intramolecular Hbond substituents is 1. The number of fused-ring (bicyclic) bond motifs is 1. The molecule has 0 saturated carbocycles. The number of carbonyl (C=O) groups is 2.